The van der Waals surface area contributed by atoms with Gasteiger partial charge in [-0.1, -0.05) is 32.0 Å². The summed E-state index contributed by atoms with van der Waals surface area (Å²) in [5.74, 6) is 0.565. The number of nitrogens with one attached hydrogen (secondary N) is 2. The summed E-state index contributed by atoms with van der Waals surface area (Å²) >= 11 is 0. The Morgan fingerprint density at radius 3 is 2.43 bits per heavy atom. The Morgan fingerprint density at radius 1 is 1.23 bits per heavy atom. The van der Waals surface area contributed by atoms with E-state index < -0.39 is 11.9 Å². The van der Waals surface area contributed by atoms with Crippen molar-refractivity contribution in [2.24, 2.45) is 10.9 Å². The Hall–Kier alpha value is -1.42. The number of aliphatic imine (C=N–C) groups is 1. The van der Waals surface area contributed by atoms with Gasteiger partial charge in [0.05, 0.1) is 6.54 Å². The van der Waals surface area contributed by atoms with Gasteiger partial charge in [0.2, 0.25) is 5.91 Å². The number of likely N-dealkylation sites (tertiary alicyclic amines) is 1. The highest BCUT2D eigenvalue weighted by Gasteiger charge is 2.26. The first-order valence-electron chi connectivity index (χ1n) is 10.8. The van der Waals surface area contributed by atoms with Crippen molar-refractivity contribution in [3.05, 3.63) is 35.6 Å². The summed E-state index contributed by atoms with van der Waals surface area (Å²) in [5.41, 5.74) is 0.250. The molecule has 1 fully saturated rings. The zero-order valence-electron chi connectivity index (χ0n) is 18.2. The van der Waals surface area contributed by atoms with Crippen LogP contribution in [-0.2, 0) is 4.79 Å². The van der Waals surface area contributed by atoms with Crippen molar-refractivity contribution in [3.63, 3.8) is 0 Å². The van der Waals surface area contributed by atoms with E-state index in [0.29, 0.717) is 12.5 Å². The van der Waals surface area contributed by atoms with Gasteiger partial charge in [0.1, 0.15) is 11.9 Å². The van der Waals surface area contributed by atoms with Crippen LogP contribution in [0.2, 0.25) is 0 Å². The largest absolute Gasteiger partial charge is 0.386 e. The van der Waals surface area contributed by atoms with Crippen LogP contribution in [0.15, 0.2) is 29.3 Å². The van der Waals surface area contributed by atoms with Gasteiger partial charge >= 0.3 is 0 Å². The molecule has 1 aromatic carbocycles. The molecule has 1 aliphatic heterocycles. The van der Waals surface area contributed by atoms with Crippen molar-refractivity contribution in [1.29, 1.82) is 0 Å². The molecule has 0 spiro atoms. The van der Waals surface area contributed by atoms with E-state index in [2.05, 4.69) is 29.5 Å². The number of carbonyl (C=O) groups is 1. The third-order valence-electron chi connectivity index (χ3n) is 5.51. The minimum Gasteiger partial charge on any atom is -0.386 e. The first kappa shape index (κ1) is 26.6. The Morgan fingerprint density at radius 2 is 1.87 bits per heavy atom. The maximum atomic E-state index is 13.8. The van der Waals surface area contributed by atoms with Crippen LogP contribution in [0.1, 0.15) is 58.1 Å². The van der Waals surface area contributed by atoms with E-state index in [-0.39, 0.29) is 54.0 Å². The van der Waals surface area contributed by atoms with Crippen molar-refractivity contribution < 1.29 is 14.3 Å². The quantitative estimate of drug-likeness (QED) is 0.271. The fourth-order valence-electron chi connectivity index (χ4n) is 3.68. The molecular formula is C22H36FIN4O2. The average molecular weight is 534 g/mol. The van der Waals surface area contributed by atoms with Gasteiger partial charge < -0.3 is 20.6 Å². The van der Waals surface area contributed by atoms with Crippen molar-refractivity contribution >= 4 is 35.8 Å². The molecule has 1 aliphatic rings. The molecular weight excluding hydrogens is 498 g/mol. The molecule has 170 valence electrons. The summed E-state index contributed by atoms with van der Waals surface area (Å²) < 4.78 is 13.8. The van der Waals surface area contributed by atoms with Crippen LogP contribution in [-0.4, -0.2) is 54.1 Å². The first-order valence-corrected chi connectivity index (χ1v) is 10.8. The lowest BCUT2D eigenvalue weighted by atomic mass is 9.98. The standard InChI is InChI=1S/C22H35FN4O2.HI/c1-4-16(5-2)21(29)27-13-11-17(12-14-27)26-22(24-6-3)25-15-20(28)18-9-7-8-10-19(18)23;/h7-10,16-17,20,28H,4-6,11-15H2,1-3H3,(H2,24,25,26);1H. The van der Waals surface area contributed by atoms with Gasteiger partial charge in [0.25, 0.3) is 0 Å². The van der Waals surface area contributed by atoms with Crippen molar-refractivity contribution in [1.82, 2.24) is 15.5 Å². The van der Waals surface area contributed by atoms with E-state index in [1.807, 2.05) is 11.8 Å². The molecule has 0 radical (unpaired) electrons. The molecule has 2 rings (SSSR count). The van der Waals surface area contributed by atoms with E-state index in [1.165, 1.54) is 6.07 Å². The van der Waals surface area contributed by atoms with Crippen LogP contribution in [0.25, 0.3) is 0 Å². The molecule has 0 aromatic heterocycles. The number of hydrogen-bond acceptors (Lipinski definition) is 3. The van der Waals surface area contributed by atoms with Crippen molar-refractivity contribution in [2.75, 3.05) is 26.2 Å². The van der Waals surface area contributed by atoms with Gasteiger partial charge in [-0.25, -0.2) is 4.39 Å². The predicted octanol–water partition coefficient (Wildman–Crippen LogP) is 3.46. The Balaban J connectivity index is 0.00000450. The van der Waals surface area contributed by atoms with Gasteiger partial charge in [0.15, 0.2) is 5.96 Å². The minimum atomic E-state index is -0.994. The molecule has 1 aromatic rings. The molecule has 1 heterocycles. The summed E-state index contributed by atoms with van der Waals surface area (Å²) in [4.78, 5) is 18.9. The number of benzene rings is 1. The summed E-state index contributed by atoms with van der Waals surface area (Å²) in [6.07, 6.45) is 2.48. The number of aliphatic hydroxyl groups excluding tert-OH is 1. The van der Waals surface area contributed by atoms with Crippen LogP contribution in [0.3, 0.4) is 0 Å². The van der Waals surface area contributed by atoms with E-state index in [9.17, 15) is 14.3 Å². The summed E-state index contributed by atoms with van der Waals surface area (Å²) in [6.45, 7) is 8.34. The average Bonchev–Trinajstić information content (AvgIpc) is 2.73. The highest BCUT2D eigenvalue weighted by Crippen LogP contribution is 2.18. The molecule has 0 saturated carbocycles. The molecule has 1 amide bonds. The zero-order chi connectivity index (χ0) is 21.2. The van der Waals surface area contributed by atoms with Crippen LogP contribution >= 0.6 is 24.0 Å². The van der Waals surface area contributed by atoms with Crippen LogP contribution in [0.4, 0.5) is 4.39 Å². The fourth-order valence-corrected chi connectivity index (χ4v) is 3.68. The van der Waals surface area contributed by atoms with E-state index >= 15 is 0 Å². The van der Waals surface area contributed by atoms with Crippen molar-refractivity contribution in [3.8, 4) is 0 Å². The smallest absolute Gasteiger partial charge is 0.225 e. The van der Waals surface area contributed by atoms with Gasteiger partial charge in [-0.15, -0.1) is 24.0 Å². The van der Waals surface area contributed by atoms with Crippen LogP contribution in [0, 0.1) is 11.7 Å². The molecule has 3 N–H and O–H groups in total. The molecule has 1 unspecified atom stereocenters. The zero-order valence-corrected chi connectivity index (χ0v) is 20.6. The number of nitrogens with zero attached hydrogens (tertiary/aromatic N) is 2. The van der Waals surface area contributed by atoms with Gasteiger partial charge in [-0.05, 0) is 38.7 Å². The molecule has 1 atom stereocenters. The molecule has 1 saturated heterocycles. The van der Waals surface area contributed by atoms with E-state index in [0.717, 1.165) is 38.8 Å². The Bertz CT molecular complexity index is 677. The summed E-state index contributed by atoms with van der Waals surface area (Å²) in [5, 5.41) is 16.8. The monoisotopic (exact) mass is 534 g/mol. The summed E-state index contributed by atoms with van der Waals surface area (Å²) in [6, 6.07) is 6.42. The van der Waals surface area contributed by atoms with E-state index in [4.69, 9.17) is 0 Å². The number of guanidine groups is 1. The molecule has 30 heavy (non-hydrogen) atoms. The highest BCUT2D eigenvalue weighted by atomic mass is 127. The summed E-state index contributed by atoms with van der Waals surface area (Å²) in [7, 11) is 0. The van der Waals surface area contributed by atoms with E-state index in [1.54, 1.807) is 18.2 Å². The van der Waals surface area contributed by atoms with Gasteiger partial charge in [0, 0.05) is 37.2 Å². The van der Waals surface area contributed by atoms with Crippen molar-refractivity contribution in [2.45, 2.75) is 58.6 Å². The van der Waals surface area contributed by atoms with Gasteiger partial charge in [-0.2, -0.15) is 0 Å². The topological polar surface area (TPSA) is 77.0 Å². The number of amides is 1. The number of rotatable bonds is 8. The van der Waals surface area contributed by atoms with Crippen LogP contribution in [0.5, 0.6) is 0 Å². The fraction of sp³-hybridized carbons (Fsp3) is 0.636. The lowest BCUT2D eigenvalue weighted by Gasteiger charge is -2.35. The third-order valence-corrected chi connectivity index (χ3v) is 5.51. The predicted molar refractivity (Wildman–Crippen MR) is 130 cm³/mol. The molecule has 0 aliphatic carbocycles. The van der Waals surface area contributed by atoms with Crippen LogP contribution < -0.4 is 10.6 Å². The second kappa shape index (κ2) is 13.8. The number of hydrogen-bond donors (Lipinski definition) is 3. The maximum absolute atomic E-state index is 13.8. The highest BCUT2D eigenvalue weighted by molar-refractivity contribution is 14.0. The number of carbonyl (C=O) groups excluding carboxylic acids is 1. The SMILES string of the molecule is CCNC(=NCC(O)c1ccccc1F)NC1CCN(C(=O)C(CC)CC)CC1.I. The lowest BCUT2D eigenvalue weighted by molar-refractivity contribution is -0.136. The van der Waals surface area contributed by atoms with Gasteiger partial charge in [-0.3, -0.25) is 9.79 Å². The minimum absolute atomic E-state index is 0. The Kier molecular flexibility index (Phi) is 12.2. The third kappa shape index (κ3) is 7.68. The second-order valence-corrected chi connectivity index (χ2v) is 7.51. The molecule has 6 nitrogen and oxygen atoms in total. The maximum Gasteiger partial charge on any atom is 0.225 e. The first-order chi connectivity index (χ1) is 14.0. The second-order valence-electron chi connectivity index (χ2n) is 7.51. The number of piperidine rings is 1. The molecule has 8 heteroatoms. The Labute approximate surface area is 196 Å². The number of aliphatic hydroxyl groups is 1. The lowest BCUT2D eigenvalue weighted by Crippen LogP contribution is -2.50. The number of halogens is 2. The normalized spacial score (nSPS) is 16.2. The molecule has 0 bridgehead atoms.